The Bertz CT molecular complexity index is 720. The van der Waals surface area contributed by atoms with Crippen LogP contribution in [0.1, 0.15) is 18.1 Å². The van der Waals surface area contributed by atoms with Gasteiger partial charge in [0.2, 0.25) is 0 Å². The maximum absolute atomic E-state index is 12.5. The minimum atomic E-state index is -0.00551. The van der Waals surface area contributed by atoms with E-state index in [-0.39, 0.29) is 6.03 Å². The molecular weight excluding hydrogens is 338 g/mol. The molecule has 0 atom stereocenters. The molecule has 0 spiro atoms. The summed E-state index contributed by atoms with van der Waals surface area (Å²) < 4.78 is 5.20. The zero-order valence-electron chi connectivity index (χ0n) is 16.3. The lowest BCUT2D eigenvalue weighted by Crippen LogP contribution is -2.50. The largest absolute Gasteiger partial charge is 0.497 e. The summed E-state index contributed by atoms with van der Waals surface area (Å²) in [5.41, 5.74) is 3.45. The van der Waals surface area contributed by atoms with Gasteiger partial charge in [0, 0.05) is 38.4 Å². The van der Waals surface area contributed by atoms with Gasteiger partial charge in [0.15, 0.2) is 0 Å². The molecule has 2 aromatic rings. The van der Waals surface area contributed by atoms with Gasteiger partial charge in [-0.2, -0.15) is 0 Å². The van der Waals surface area contributed by atoms with Gasteiger partial charge in [0.25, 0.3) is 0 Å². The number of hydrogen-bond donors (Lipinski definition) is 1. The van der Waals surface area contributed by atoms with Crippen molar-refractivity contribution in [3.8, 4) is 5.75 Å². The Morgan fingerprint density at radius 1 is 0.963 bits per heavy atom. The van der Waals surface area contributed by atoms with Crippen molar-refractivity contribution in [2.45, 2.75) is 19.8 Å². The molecule has 1 N–H and O–H groups in total. The van der Waals surface area contributed by atoms with Crippen LogP contribution in [0.3, 0.4) is 0 Å². The SMILES string of the molecule is CCc1ccc(NC(=O)N2CCN(CCc3ccc(OC)cc3)CC2)cc1. The molecule has 1 fully saturated rings. The van der Waals surface area contributed by atoms with E-state index in [2.05, 4.69) is 41.4 Å². The Hall–Kier alpha value is -2.53. The molecule has 0 radical (unpaired) electrons. The molecule has 5 heteroatoms. The van der Waals surface area contributed by atoms with Crippen LogP contribution < -0.4 is 10.1 Å². The van der Waals surface area contributed by atoms with E-state index in [0.717, 1.165) is 57.0 Å². The van der Waals surface area contributed by atoms with Crippen LogP contribution in [0.2, 0.25) is 0 Å². The van der Waals surface area contributed by atoms with Crippen molar-refractivity contribution in [2.75, 3.05) is 45.2 Å². The number of urea groups is 1. The smallest absolute Gasteiger partial charge is 0.321 e. The molecular formula is C22H29N3O2. The van der Waals surface area contributed by atoms with Crippen LogP contribution >= 0.6 is 0 Å². The van der Waals surface area contributed by atoms with Crippen LogP contribution in [-0.2, 0) is 12.8 Å². The van der Waals surface area contributed by atoms with E-state index in [9.17, 15) is 4.79 Å². The average Bonchev–Trinajstić information content (AvgIpc) is 2.73. The molecule has 1 aliphatic heterocycles. The number of carbonyl (C=O) groups is 1. The molecule has 0 aliphatic carbocycles. The summed E-state index contributed by atoms with van der Waals surface area (Å²) >= 11 is 0. The van der Waals surface area contributed by atoms with Gasteiger partial charge in [-0.05, 0) is 48.2 Å². The predicted molar refractivity (Wildman–Crippen MR) is 110 cm³/mol. The minimum Gasteiger partial charge on any atom is -0.497 e. The van der Waals surface area contributed by atoms with Crippen LogP contribution in [0.25, 0.3) is 0 Å². The molecule has 0 saturated carbocycles. The number of carbonyl (C=O) groups excluding carboxylic acids is 1. The fraction of sp³-hybridized carbons (Fsp3) is 0.409. The Labute approximate surface area is 161 Å². The molecule has 27 heavy (non-hydrogen) atoms. The molecule has 1 aliphatic rings. The van der Waals surface area contributed by atoms with Crippen molar-refractivity contribution in [2.24, 2.45) is 0 Å². The highest BCUT2D eigenvalue weighted by Crippen LogP contribution is 2.14. The van der Waals surface area contributed by atoms with E-state index in [1.165, 1.54) is 11.1 Å². The average molecular weight is 367 g/mol. The third kappa shape index (κ3) is 5.47. The monoisotopic (exact) mass is 367 g/mol. The molecule has 2 amide bonds. The number of nitrogens with zero attached hydrogens (tertiary/aromatic N) is 2. The number of amides is 2. The highest BCUT2D eigenvalue weighted by Gasteiger charge is 2.20. The van der Waals surface area contributed by atoms with E-state index >= 15 is 0 Å². The molecule has 1 heterocycles. The van der Waals surface area contributed by atoms with Crippen LogP contribution in [0, 0.1) is 0 Å². The fourth-order valence-corrected chi connectivity index (χ4v) is 3.28. The first-order valence-corrected chi connectivity index (χ1v) is 9.68. The second-order valence-electron chi connectivity index (χ2n) is 6.91. The van der Waals surface area contributed by atoms with Gasteiger partial charge >= 0.3 is 6.03 Å². The van der Waals surface area contributed by atoms with E-state index in [4.69, 9.17) is 4.74 Å². The molecule has 5 nitrogen and oxygen atoms in total. The zero-order valence-corrected chi connectivity index (χ0v) is 16.3. The third-order valence-electron chi connectivity index (χ3n) is 5.15. The molecule has 3 rings (SSSR count). The summed E-state index contributed by atoms with van der Waals surface area (Å²) in [5.74, 6) is 0.891. The highest BCUT2D eigenvalue weighted by molar-refractivity contribution is 5.89. The lowest BCUT2D eigenvalue weighted by atomic mass is 10.1. The van der Waals surface area contributed by atoms with E-state index in [1.54, 1.807) is 7.11 Å². The van der Waals surface area contributed by atoms with Gasteiger partial charge in [-0.25, -0.2) is 4.79 Å². The first-order valence-electron chi connectivity index (χ1n) is 9.68. The molecule has 2 aromatic carbocycles. The number of ether oxygens (including phenoxy) is 1. The second-order valence-corrected chi connectivity index (χ2v) is 6.91. The molecule has 1 saturated heterocycles. The zero-order chi connectivity index (χ0) is 19.1. The highest BCUT2D eigenvalue weighted by atomic mass is 16.5. The first-order chi connectivity index (χ1) is 13.2. The van der Waals surface area contributed by atoms with Gasteiger partial charge in [0.1, 0.15) is 5.75 Å². The standard InChI is InChI=1S/C22H29N3O2/c1-3-18-4-8-20(9-5-18)23-22(26)25-16-14-24(15-17-25)13-12-19-6-10-21(27-2)11-7-19/h4-11H,3,12-17H2,1-2H3,(H,23,26). The van der Waals surface area contributed by atoms with E-state index in [0.29, 0.717) is 0 Å². The maximum atomic E-state index is 12.5. The molecule has 144 valence electrons. The van der Waals surface area contributed by atoms with Gasteiger partial charge in [-0.1, -0.05) is 31.2 Å². The Kier molecular flexibility index (Phi) is 6.71. The summed E-state index contributed by atoms with van der Waals surface area (Å²) in [7, 11) is 1.69. The van der Waals surface area contributed by atoms with Crippen molar-refractivity contribution in [3.05, 3.63) is 59.7 Å². The summed E-state index contributed by atoms with van der Waals surface area (Å²) in [5, 5.41) is 3.00. The van der Waals surface area contributed by atoms with E-state index < -0.39 is 0 Å². The quantitative estimate of drug-likeness (QED) is 0.848. The summed E-state index contributed by atoms with van der Waals surface area (Å²) in [6, 6.07) is 16.3. The number of rotatable bonds is 6. The summed E-state index contributed by atoms with van der Waals surface area (Å²) in [6.45, 7) is 6.50. The molecule has 0 unspecified atom stereocenters. The number of benzene rings is 2. The third-order valence-corrected chi connectivity index (χ3v) is 5.15. The number of piperazine rings is 1. The van der Waals surface area contributed by atoms with Crippen molar-refractivity contribution in [3.63, 3.8) is 0 Å². The van der Waals surface area contributed by atoms with Crippen molar-refractivity contribution < 1.29 is 9.53 Å². The number of hydrogen-bond acceptors (Lipinski definition) is 3. The van der Waals surface area contributed by atoms with Crippen molar-refractivity contribution in [1.82, 2.24) is 9.80 Å². The first kappa shape index (κ1) is 19.2. The van der Waals surface area contributed by atoms with Crippen molar-refractivity contribution >= 4 is 11.7 Å². The minimum absolute atomic E-state index is 0.00551. The predicted octanol–water partition coefficient (Wildman–Crippen LogP) is 3.65. The lowest BCUT2D eigenvalue weighted by Gasteiger charge is -2.34. The fourth-order valence-electron chi connectivity index (χ4n) is 3.28. The topological polar surface area (TPSA) is 44.8 Å². The van der Waals surface area contributed by atoms with Crippen LogP contribution in [-0.4, -0.2) is 55.7 Å². The number of anilines is 1. The lowest BCUT2D eigenvalue weighted by molar-refractivity contribution is 0.148. The van der Waals surface area contributed by atoms with Gasteiger partial charge in [-0.15, -0.1) is 0 Å². The van der Waals surface area contributed by atoms with E-state index in [1.807, 2.05) is 29.2 Å². The number of aryl methyl sites for hydroxylation is 1. The Balaban J connectivity index is 1.41. The van der Waals surface area contributed by atoms with Crippen LogP contribution in [0.15, 0.2) is 48.5 Å². The van der Waals surface area contributed by atoms with Gasteiger partial charge < -0.3 is 15.0 Å². The van der Waals surface area contributed by atoms with Crippen LogP contribution in [0.5, 0.6) is 5.75 Å². The summed E-state index contributed by atoms with van der Waals surface area (Å²) in [6.07, 6.45) is 2.02. The second kappa shape index (κ2) is 9.42. The number of nitrogens with one attached hydrogen (secondary N) is 1. The normalized spacial score (nSPS) is 14.8. The van der Waals surface area contributed by atoms with Crippen molar-refractivity contribution in [1.29, 1.82) is 0 Å². The number of methoxy groups -OCH3 is 1. The van der Waals surface area contributed by atoms with Crippen LogP contribution in [0.4, 0.5) is 10.5 Å². The van der Waals surface area contributed by atoms with Gasteiger partial charge in [0.05, 0.1) is 7.11 Å². The maximum Gasteiger partial charge on any atom is 0.321 e. The molecule has 0 bridgehead atoms. The Morgan fingerprint density at radius 2 is 1.59 bits per heavy atom. The van der Waals surface area contributed by atoms with Gasteiger partial charge in [-0.3, -0.25) is 4.90 Å². The summed E-state index contributed by atoms with van der Waals surface area (Å²) in [4.78, 5) is 16.8. The molecule has 0 aromatic heterocycles. The Morgan fingerprint density at radius 3 is 2.19 bits per heavy atom.